The van der Waals surface area contributed by atoms with Gasteiger partial charge in [-0.25, -0.2) is 0 Å². The Hall–Kier alpha value is -0.580. The van der Waals surface area contributed by atoms with Gasteiger partial charge in [0.2, 0.25) is 0 Å². The van der Waals surface area contributed by atoms with Crippen LogP contribution in [0.5, 0.6) is 0 Å². The van der Waals surface area contributed by atoms with Gasteiger partial charge < -0.3 is 10.6 Å². The molecule has 3 nitrogen and oxygen atoms in total. The quantitative estimate of drug-likeness (QED) is 0.892. The summed E-state index contributed by atoms with van der Waals surface area (Å²) in [6.45, 7) is 4.84. The summed E-state index contributed by atoms with van der Waals surface area (Å²) >= 11 is 3.43. The number of hydrogen-bond acceptors (Lipinski definition) is 2. The Bertz CT molecular complexity index is 419. The monoisotopic (exact) mass is 332 g/mol. The molecule has 5 heteroatoms. The van der Waals surface area contributed by atoms with Crippen molar-refractivity contribution in [3.63, 3.8) is 0 Å². The van der Waals surface area contributed by atoms with Crippen molar-refractivity contribution in [1.82, 2.24) is 10.6 Å². The van der Waals surface area contributed by atoms with E-state index in [0.717, 1.165) is 36.1 Å². The third-order valence-electron chi connectivity index (χ3n) is 3.08. The molecule has 1 aliphatic rings. The molecule has 1 aliphatic heterocycles. The minimum Gasteiger partial charge on any atom is -0.352 e. The van der Waals surface area contributed by atoms with Crippen molar-refractivity contribution < 1.29 is 4.79 Å². The number of carbonyl (C=O) groups is 1. The Labute approximate surface area is 122 Å². The summed E-state index contributed by atoms with van der Waals surface area (Å²) in [5.74, 6) is 0.576. The molecule has 1 aromatic rings. The summed E-state index contributed by atoms with van der Waals surface area (Å²) in [6.07, 6.45) is 1.15. The summed E-state index contributed by atoms with van der Waals surface area (Å²) in [6, 6.07) is 5.78. The van der Waals surface area contributed by atoms with E-state index >= 15 is 0 Å². The molecule has 1 atom stereocenters. The number of benzene rings is 1. The largest absolute Gasteiger partial charge is 0.352 e. The maximum Gasteiger partial charge on any atom is 0.252 e. The molecule has 0 bridgehead atoms. The fourth-order valence-corrected chi connectivity index (χ4v) is 2.70. The predicted molar refractivity (Wildman–Crippen MR) is 79.4 cm³/mol. The van der Waals surface area contributed by atoms with Gasteiger partial charge >= 0.3 is 0 Å². The third-order valence-corrected chi connectivity index (χ3v) is 3.74. The molecule has 0 aromatic heterocycles. The number of carbonyl (C=O) groups excluding carboxylic acids is 1. The standard InChI is InChI=1S/C13H17BrN2O.ClH/c1-9-2-3-11(12(14)6-9)13(17)16-8-10-4-5-15-7-10;/h2-3,6,10,15H,4-5,7-8H2,1H3,(H,16,17);1H. The molecule has 0 aliphatic carbocycles. The Morgan fingerprint density at radius 2 is 2.33 bits per heavy atom. The number of hydrogen-bond donors (Lipinski definition) is 2. The number of amides is 1. The van der Waals surface area contributed by atoms with Crippen molar-refractivity contribution in [2.75, 3.05) is 19.6 Å². The Balaban J connectivity index is 0.00000162. The Kier molecular flexibility index (Phi) is 6.12. The first-order valence-corrected chi connectivity index (χ1v) is 6.71. The molecule has 0 saturated carbocycles. The molecule has 100 valence electrons. The number of rotatable bonds is 3. The summed E-state index contributed by atoms with van der Waals surface area (Å²) < 4.78 is 0.861. The fraction of sp³-hybridized carbons (Fsp3) is 0.462. The van der Waals surface area contributed by atoms with Crippen LogP contribution in [-0.4, -0.2) is 25.5 Å². The van der Waals surface area contributed by atoms with E-state index < -0.39 is 0 Å². The van der Waals surface area contributed by atoms with Crippen molar-refractivity contribution >= 4 is 34.2 Å². The second kappa shape index (κ2) is 7.12. The second-order valence-corrected chi connectivity index (χ2v) is 5.41. The molecular formula is C13H18BrClN2O. The molecular weight excluding hydrogens is 316 g/mol. The van der Waals surface area contributed by atoms with E-state index in [2.05, 4.69) is 26.6 Å². The van der Waals surface area contributed by atoms with Gasteiger partial charge in [0, 0.05) is 11.0 Å². The highest BCUT2D eigenvalue weighted by Crippen LogP contribution is 2.18. The van der Waals surface area contributed by atoms with Gasteiger partial charge in [-0.1, -0.05) is 6.07 Å². The van der Waals surface area contributed by atoms with E-state index in [9.17, 15) is 4.79 Å². The Morgan fingerprint density at radius 1 is 1.56 bits per heavy atom. The maximum atomic E-state index is 12.0. The van der Waals surface area contributed by atoms with Gasteiger partial charge in [-0.05, 0) is 66.0 Å². The van der Waals surface area contributed by atoms with E-state index in [-0.39, 0.29) is 18.3 Å². The zero-order valence-corrected chi connectivity index (χ0v) is 12.7. The van der Waals surface area contributed by atoms with E-state index in [1.54, 1.807) is 0 Å². The summed E-state index contributed by atoms with van der Waals surface area (Å²) in [4.78, 5) is 12.0. The van der Waals surface area contributed by atoms with Crippen LogP contribution in [-0.2, 0) is 0 Å². The highest BCUT2D eigenvalue weighted by Gasteiger charge is 2.16. The zero-order valence-electron chi connectivity index (χ0n) is 10.3. The van der Waals surface area contributed by atoms with Gasteiger partial charge in [-0.3, -0.25) is 4.79 Å². The van der Waals surface area contributed by atoms with Crippen LogP contribution in [0.2, 0.25) is 0 Å². The number of halogens is 2. The molecule has 1 saturated heterocycles. The SMILES string of the molecule is Cc1ccc(C(=O)NCC2CCNC2)c(Br)c1.Cl. The van der Waals surface area contributed by atoms with Gasteiger partial charge in [-0.15, -0.1) is 12.4 Å². The number of aryl methyl sites for hydroxylation is 1. The minimum absolute atomic E-state index is 0. The third kappa shape index (κ3) is 3.97. The smallest absolute Gasteiger partial charge is 0.252 e. The Morgan fingerprint density at radius 3 is 2.94 bits per heavy atom. The fourth-order valence-electron chi connectivity index (χ4n) is 2.03. The van der Waals surface area contributed by atoms with E-state index in [1.807, 2.05) is 25.1 Å². The van der Waals surface area contributed by atoms with Crippen LogP contribution in [0.25, 0.3) is 0 Å². The van der Waals surface area contributed by atoms with E-state index in [4.69, 9.17) is 0 Å². The van der Waals surface area contributed by atoms with Crippen LogP contribution < -0.4 is 10.6 Å². The number of nitrogens with one attached hydrogen (secondary N) is 2. The molecule has 18 heavy (non-hydrogen) atoms. The average molecular weight is 334 g/mol. The van der Waals surface area contributed by atoms with Crippen molar-refractivity contribution in [2.45, 2.75) is 13.3 Å². The summed E-state index contributed by atoms with van der Waals surface area (Å²) in [5, 5.41) is 6.29. The molecule has 1 amide bonds. The normalized spacial score (nSPS) is 18.2. The highest BCUT2D eigenvalue weighted by molar-refractivity contribution is 9.10. The van der Waals surface area contributed by atoms with Crippen molar-refractivity contribution in [2.24, 2.45) is 5.92 Å². The highest BCUT2D eigenvalue weighted by atomic mass is 79.9. The van der Waals surface area contributed by atoms with Gasteiger partial charge in [0.25, 0.3) is 5.91 Å². The first-order valence-electron chi connectivity index (χ1n) is 5.92. The van der Waals surface area contributed by atoms with Gasteiger partial charge in [0.1, 0.15) is 0 Å². The maximum absolute atomic E-state index is 12.0. The zero-order chi connectivity index (χ0) is 12.3. The molecule has 0 spiro atoms. The molecule has 1 aromatic carbocycles. The summed E-state index contributed by atoms with van der Waals surface area (Å²) in [5.41, 5.74) is 1.86. The molecule has 1 fully saturated rings. The van der Waals surface area contributed by atoms with Crippen LogP contribution >= 0.6 is 28.3 Å². The van der Waals surface area contributed by atoms with Crippen molar-refractivity contribution in [3.05, 3.63) is 33.8 Å². The lowest BCUT2D eigenvalue weighted by molar-refractivity contribution is 0.0947. The molecule has 1 heterocycles. The lowest BCUT2D eigenvalue weighted by Crippen LogP contribution is -2.30. The van der Waals surface area contributed by atoms with Crippen LogP contribution in [0.3, 0.4) is 0 Å². The van der Waals surface area contributed by atoms with Gasteiger partial charge in [0.15, 0.2) is 0 Å². The van der Waals surface area contributed by atoms with E-state index in [0.29, 0.717) is 11.5 Å². The predicted octanol–water partition coefficient (Wildman–Crippen LogP) is 2.52. The van der Waals surface area contributed by atoms with Crippen molar-refractivity contribution in [3.8, 4) is 0 Å². The van der Waals surface area contributed by atoms with E-state index in [1.165, 1.54) is 0 Å². The van der Waals surface area contributed by atoms with Gasteiger partial charge in [0.05, 0.1) is 5.56 Å². The first kappa shape index (κ1) is 15.5. The second-order valence-electron chi connectivity index (χ2n) is 4.55. The molecule has 2 rings (SSSR count). The molecule has 1 unspecified atom stereocenters. The van der Waals surface area contributed by atoms with Gasteiger partial charge in [-0.2, -0.15) is 0 Å². The average Bonchev–Trinajstić information content (AvgIpc) is 2.78. The summed E-state index contributed by atoms with van der Waals surface area (Å²) in [7, 11) is 0. The van der Waals surface area contributed by atoms with Crippen LogP contribution in [0, 0.1) is 12.8 Å². The lowest BCUT2D eigenvalue weighted by Gasteiger charge is -2.11. The lowest BCUT2D eigenvalue weighted by atomic mass is 10.1. The van der Waals surface area contributed by atoms with Crippen molar-refractivity contribution in [1.29, 1.82) is 0 Å². The van der Waals surface area contributed by atoms with Crippen LogP contribution in [0.15, 0.2) is 22.7 Å². The molecule has 2 N–H and O–H groups in total. The van der Waals surface area contributed by atoms with Crippen LogP contribution in [0.1, 0.15) is 22.3 Å². The minimum atomic E-state index is 0. The topological polar surface area (TPSA) is 41.1 Å². The molecule has 0 radical (unpaired) electrons. The first-order chi connectivity index (χ1) is 8.16. The van der Waals surface area contributed by atoms with Crippen LogP contribution in [0.4, 0.5) is 0 Å².